The van der Waals surface area contributed by atoms with Gasteiger partial charge in [0.1, 0.15) is 0 Å². The zero-order chi connectivity index (χ0) is 20.1. The topological polar surface area (TPSA) is 63.9 Å². The molecule has 0 aliphatic carbocycles. The van der Waals surface area contributed by atoms with Crippen molar-refractivity contribution in [3.05, 3.63) is 60.2 Å². The van der Waals surface area contributed by atoms with Crippen molar-refractivity contribution in [1.29, 1.82) is 0 Å². The molecule has 0 radical (unpaired) electrons. The standard InChI is InChI=1S/C15H22N2O2.C7H5NO/c1-12(18)16(2)15(13-6-4-3-5-7-13)11-17-9-8-14(19)10-17;9-5-8-6-3-1-2-4-7(6)8/h3-7,14-15,19H,8-11H2,1-2H3;1-5H. The summed E-state index contributed by atoms with van der Waals surface area (Å²) in [5.41, 5.74) is 3.21. The summed E-state index contributed by atoms with van der Waals surface area (Å²) < 4.78 is 0. The number of likely N-dealkylation sites (N-methyl/N-ethyl adjacent to an activating group) is 1. The molecule has 0 aromatic heterocycles. The van der Waals surface area contributed by atoms with Gasteiger partial charge in [-0.05, 0) is 24.1 Å². The van der Waals surface area contributed by atoms with Crippen LogP contribution in [0.5, 0.6) is 0 Å². The van der Waals surface area contributed by atoms with Crippen LogP contribution in [0.25, 0.3) is 0 Å². The number of hydrogen-bond acceptors (Lipinski definition) is 4. The Morgan fingerprint density at radius 3 is 2.29 bits per heavy atom. The first-order valence-electron chi connectivity index (χ1n) is 9.53. The number of carbonyl (C=O) groups excluding carboxylic acids is 2. The first-order valence-corrected chi connectivity index (χ1v) is 9.53. The number of aliphatic hydroxyl groups is 1. The van der Waals surface area contributed by atoms with Gasteiger partial charge in [0.15, 0.2) is 0 Å². The number of anilines is 2. The molecule has 2 aromatic rings. The van der Waals surface area contributed by atoms with E-state index in [1.165, 1.54) is 0 Å². The molecule has 148 valence electrons. The van der Waals surface area contributed by atoms with Crippen LogP contribution in [0.15, 0.2) is 54.6 Å². The predicted octanol–water partition coefficient (Wildman–Crippen LogP) is 2.57. The van der Waals surface area contributed by atoms with Crippen molar-refractivity contribution >= 4 is 23.7 Å². The molecule has 2 atom stereocenters. The highest BCUT2D eigenvalue weighted by Crippen LogP contribution is 2.45. The Kier molecular flexibility index (Phi) is 6.44. The van der Waals surface area contributed by atoms with Crippen LogP contribution in [-0.2, 0) is 9.59 Å². The average Bonchev–Trinajstić information content (AvgIpc) is 3.29. The first-order chi connectivity index (χ1) is 13.5. The van der Waals surface area contributed by atoms with Gasteiger partial charge in [0.2, 0.25) is 12.3 Å². The molecule has 2 aliphatic heterocycles. The van der Waals surface area contributed by atoms with E-state index in [0.29, 0.717) is 6.54 Å². The van der Waals surface area contributed by atoms with Crippen LogP contribution in [0.1, 0.15) is 24.9 Å². The second-order valence-electron chi connectivity index (χ2n) is 7.22. The number of para-hydroxylation sites is 2. The molecule has 2 amide bonds. The molecule has 0 spiro atoms. The van der Waals surface area contributed by atoms with E-state index in [-0.39, 0.29) is 18.1 Å². The van der Waals surface area contributed by atoms with Crippen LogP contribution in [0.2, 0.25) is 0 Å². The molecule has 2 unspecified atom stereocenters. The summed E-state index contributed by atoms with van der Waals surface area (Å²) in [6.07, 6.45) is 1.43. The molecule has 1 saturated heterocycles. The lowest BCUT2D eigenvalue weighted by Gasteiger charge is -2.31. The highest BCUT2D eigenvalue weighted by molar-refractivity contribution is 6.07. The number of nitrogens with zero attached hydrogens (tertiary/aromatic N) is 3. The van der Waals surface area contributed by atoms with Crippen LogP contribution in [0.3, 0.4) is 0 Å². The summed E-state index contributed by atoms with van der Waals surface area (Å²) in [7, 11) is 1.84. The normalized spacial score (nSPS) is 18.5. The third-order valence-corrected chi connectivity index (χ3v) is 5.28. The van der Waals surface area contributed by atoms with Gasteiger partial charge in [0, 0.05) is 33.6 Å². The second-order valence-corrected chi connectivity index (χ2v) is 7.22. The Morgan fingerprint density at radius 1 is 1.18 bits per heavy atom. The van der Waals surface area contributed by atoms with Gasteiger partial charge < -0.3 is 10.0 Å². The van der Waals surface area contributed by atoms with E-state index in [1.807, 2.05) is 49.5 Å². The molecule has 6 heteroatoms. The lowest BCUT2D eigenvalue weighted by Crippen LogP contribution is -2.38. The van der Waals surface area contributed by atoms with Crippen LogP contribution in [0, 0.1) is 0 Å². The van der Waals surface area contributed by atoms with Crippen LogP contribution in [-0.4, -0.2) is 60.0 Å². The highest BCUT2D eigenvalue weighted by Gasteiger charge is 2.27. The minimum Gasteiger partial charge on any atom is -0.392 e. The van der Waals surface area contributed by atoms with Gasteiger partial charge in [0.25, 0.3) is 0 Å². The number of hydrogen-bond donors (Lipinski definition) is 1. The van der Waals surface area contributed by atoms with Crippen molar-refractivity contribution in [1.82, 2.24) is 9.80 Å². The molecule has 0 saturated carbocycles. The number of carbonyl (C=O) groups is 2. The molecule has 1 fully saturated rings. The molecule has 2 aliphatic rings. The number of aliphatic hydroxyl groups excluding tert-OH is 1. The van der Waals surface area contributed by atoms with Crippen molar-refractivity contribution in [2.75, 3.05) is 31.6 Å². The number of amides is 2. The van der Waals surface area contributed by atoms with Gasteiger partial charge in [-0.2, -0.15) is 0 Å². The Balaban J connectivity index is 0.000000206. The first kappa shape index (κ1) is 20.0. The fourth-order valence-corrected chi connectivity index (χ4v) is 3.51. The van der Waals surface area contributed by atoms with E-state index in [4.69, 9.17) is 0 Å². The third-order valence-electron chi connectivity index (χ3n) is 5.28. The maximum atomic E-state index is 11.7. The maximum absolute atomic E-state index is 11.7. The molecule has 4 rings (SSSR count). The average molecular weight is 381 g/mol. The summed E-state index contributed by atoms with van der Waals surface area (Å²) in [6, 6.07) is 17.8. The fraction of sp³-hybridized carbons (Fsp3) is 0.364. The van der Waals surface area contributed by atoms with E-state index in [2.05, 4.69) is 17.0 Å². The Morgan fingerprint density at radius 2 is 1.79 bits per heavy atom. The van der Waals surface area contributed by atoms with Crippen LogP contribution in [0.4, 0.5) is 11.4 Å². The van der Waals surface area contributed by atoms with E-state index in [9.17, 15) is 14.7 Å². The highest BCUT2D eigenvalue weighted by atomic mass is 16.3. The summed E-state index contributed by atoms with van der Waals surface area (Å²) in [5.74, 6) is 0.0635. The SMILES string of the molecule is CC(=O)N(C)C(CN1CCC(O)C1)c1ccccc1.O=CN1c2ccccc21. The van der Waals surface area contributed by atoms with Crippen LogP contribution < -0.4 is 4.90 Å². The van der Waals surface area contributed by atoms with Gasteiger partial charge in [-0.3, -0.25) is 19.4 Å². The number of β-amino-alcohol motifs (C(OH)–C–C–N with tert-alkyl or cyclic N) is 1. The summed E-state index contributed by atoms with van der Waals surface area (Å²) in [6.45, 7) is 3.97. The van der Waals surface area contributed by atoms with Crippen molar-refractivity contribution in [3.8, 4) is 0 Å². The van der Waals surface area contributed by atoms with E-state index >= 15 is 0 Å². The van der Waals surface area contributed by atoms with E-state index < -0.39 is 0 Å². The van der Waals surface area contributed by atoms with Crippen molar-refractivity contribution in [2.45, 2.75) is 25.5 Å². The minimum atomic E-state index is -0.223. The third kappa shape index (κ3) is 4.77. The Hall–Kier alpha value is -2.70. The van der Waals surface area contributed by atoms with Crippen LogP contribution >= 0.6 is 0 Å². The zero-order valence-corrected chi connectivity index (χ0v) is 16.4. The molecule has 2 heterocycles. The minimum absolute atomic E-state index is 0.0454. The molecular formula is C22H27N3O3. The van der Waals surface area contributed by atoms with E-state index in [1.54, 1.807) is 16.7 Å². The molecule has 1 N–H and O–H groups in total. The monoisotopic (exact) mass is 381 g/mol. The summed E-state index contributed by atoms with van der Waals surface area (Å²) in [5, 5.41) is 9.61. The lowest BCUT2D eigenvalue weighted by molar-refractivity contribution is -0.130. The summed E-state index contributed by atoms with van der Waals surface area (Å²) in [4.78, 5) is 27.4. The molecule has 2 aromatic carbocycles. The molecular weight excluding hydrogens is 354 g/mol. The quantitative estimate of drug-likeness (QED) is 0.639. The second kappa shape index (κ2) is 8.99. The van der Waals surface area contributed by atoms with Crippen molar-refractivity contribution < 1.29 is 14.7 Å². The molecule has 6 nitrogen and oxygen atoms in total. The predicted molar refractivity (Wildman–Crippen MR) is 109 cm³/mol. The van der Waals surface area contributed by atoms with Crippen molar-refractivity contribution in [3.63, 3.8) is 0 Å². The largest absolute Gasteiger partial charge is 0.392 e. The fourth-order valence-electron chi connectivity index (χ4n) is 3.51. The molecule has 0 bridgehead atoms. The Bertz CT molecular complexity index is 789. The van der Waals surface area contributed by atoms with Gasteiger partial charge in [-0.15, -0.1) is 0 Å². The maximum Gasteiger partial charge on any atom is 0.219 e. The van der Waals surface area contributed by atoms with Gasteiger partial charge in [-0.25, -0.2) is 0 Å². The van der Waals surface area contributed by atoms with Crippen molar-refractivity contribution in [2.24, 2.45) is 0 Å². The van der Waals surface area contributed by atoms with Gasteiger partial charge in [0.05, 0.1) is 23.5 Å². The van der Waals surface area contributed by atoms with E-state index in [0.717, 1.165) is 42.9 Å². The number of fused-ring (bicyclic) bond motifs is 1. The lowest BCUT2D eigenvalue weighted by atomic mass is 10.1. The number of rotatable bonds is 5. The number of benzene rings is 2. The van der Waals surface area contributed by atoms with Gasteiger partial charge >= 0.3 is 0 Å². The molecule has 28 heavy (non-hydrogen) atoms. The zero-order valence-electron chi connectivity index (χ0n) is 16.4. The van der Waals surface area contributed by atoms with Gasteiger partial charge in [-0.1, -0.05) is 42.5 Å². The number of likely N-dealkylation sites (tertiary alicyclic amines) is 1. The summed E-state index contributed by atoms with van der Waals surface area (Å²) >= 11 is 0. The Labute approximate surface area is 166 Å². The smallest absolute Gasteiger partial charge is 0.219 e.